The van der Waals surface area contributed by atoms with Gasteiger partial charge >= 0.3 is 0 Å². The van der Waals surface area contributed by atoms with E-state index >= 15 is 0 Å². The summed E-state index contributed by atoms with van der Waals surface area (Å²) >= 11 is 0. The Labute approximate surface area is 87.0 Å². The predicted molar refractivity (Wildman–Crippen MR) is 59.0 cm³/mol. The number of piperidine rings is 1. The number of carbonyl (C=O) groups excluding carboxylic acids is 1. The van der Waals surface area contributed by atoms with Crippen LogP contribution in [0.3, 0.4) is 0 Å². The summed E-state index contributed by atoms with van der Waals surface area (Å²) < 4.78 is 0. The first kappa shape index (κ1) is 11.3. The largest absolute Gasteiger partial charge is 0.336 e. The summed E-state index contributed by atoms with van der Waals surface area (Å²) in [5.41, 5.74) is 0. The Balaban J connectivity index is 2.58. The van der Waals surface area contributed by atoms with Gasteiger partial charge in [-0.15, -0.1) is 0 Å². The van der Waals surface area contributed by atoms with E-state index in [1.165, 1.54) is 12.5 Å². The molecule has 1 amide bonds. The summed E-state index contributed by atoms with van der Waals surface area (Å²) in [7, 11) is 0. The van der Waals surface area contributed by atoms with Gasteiger partial charge in [-0.2, -0.15) is 0 Å². The smallest absolute Gasteiger partial charge is 0.246 e. The van der Waals surface area contributed by atoms with Gasteiger partial charge in [-0.25, -0.2) is 0 Å². The molecule has 1 unspecified atom stereocenters. The molecule has 1 heterocycles. The Kier molecular flexibility index (Phi) is 4.18. The second kappa shape index (κ2) is 5.18. The monoisotopic (exact) mass is 195 g/mol. The molecule has 0 aromatic rings. The SMILES string of the molecule is C=CC(=O)N1CCCCC1CC(C)C. The van der Waals surface area contributed by atoms with Gasteiger partial charge in [0.25, 0.3) is 0 Å². The number of hydrogen-bond donors (Lipinski definition) is 0. The molecule has 0 bridgehead atoms. The zero-order valence-electron chi connectivity index (χ0n) is 9.33. The fourth-order valence-corrected chi connectivity index (χ4v) is 2.20. The summed E-state index contributed by atoms with van der Waals surface area (Å²) in [6.45, 7) is 8.90. The van der Waals surface area contributed by atoms with Crippen LogP contribution in [-0.4, -0.2) is 23.4 Å². The van der Waals surface area contributed by atoms with Crippen molar-refractivity contribution in [3.05, 3.63) is 12.7 Å². The van der Waals surface area contributed by atoms with E-state index in [0.717, 1.165) is 25.8 Å². The number of rotatable bonds is 3. The highest BCUT2D eigenvalue weighted by atomic mass is 16.2. The molecule has 1 saturated heterocycles. The molecule has 14 heavy (non-hydrogen) atoms. The molecule has 0 spiro atoms. The molecule has 0 aromatic heterocycles. The van der Waals surface area contributed by atoms with Crippen molar-refractivity contribution in [2.45, 2.75) is 45.6 Å². The second-order valence-electron chi connectivity index (χ2n) is 4.51. The van der Waals surface area contributed by atoms with Crippen LogP contribution < -0.4 is 0 Å². The highest BCUT2D eigenvalue weighted by Gasteiger charge is 2.25. The molecule has 2 nitrogen and oxygen atoms in total. The third kappa shape index (κ3) is 2.86. The molecule has 1 rings (SSSR count). The van der Waals surface area contributed by atoms with Crippen LogP contribution in [0.2, 0.25) is 0 Å². The van der Waals surface area contributed by atoms with E-state index in [9.17, 15) is 4.79 Å². The van der Waals surface area contributed by atoms with Crippen LogP contribution in [0.15, 0.2) is 12.7 Å². The minimum Gasteiger partial charge on any atom is -0.336 e. The third-order valence-corrected chi connectivity index (χ3v) is 2.83. The number of likely N-dealkylation sites (tertiary alicyclic amines) is 1. The average Bonchev–Trinajstić information content (AvgIpc) is 2.16. The third-order valence-electron chi connectivity index (χ3n) is 2.83. The molecule has 1 aliphatic rings. The van der Waals surface area contributed by atoms with Gasteiger partial charge in [0.1, 0.15) is 0 Å². The maximum atomic E-state index is 11.6. The van der Waals surface area contributed by atoms with E-state index in [4.69, 9.17) is 0 Å². The second-order valence-corrected chi connectivity index (χ2v) is 4.51. The zero-order valence-corrected chi connectivity index (χ0v) is 9.33. The Morgan fingerprint density at radius 2 is 2.29 bits per heavy atom. The highest BCUT2D eigenvalue weighted by molar-refractivity contribution is 5.87. The van der Waals surface area contributed by atoms with E-state index in [1.54, 1.807) is 0 Å². The van der Waals surface area contributed by atoms with Gasteiger partial charge < -0.3 is 4.90 Å². The highest BCUT2D eigenvalue weighted by Crippen LogP contribution is 2.22. The molecule has 1 aliphatic heterocycles. The lowest BCUT2D eigenvalue weighted by atomic mass is 9.94. The van der Waals surface area contributed by atoms with E-state index < -0.39 is 0 Å². The molecule has 1 fully saturated rings. The van der Waals surface area contributed by atoms with Crippen molar-refractivity contribution in [2.75, 3.05) is 6.54 Å². The lowest BCUT2D eigenvalue weighted by molar-refractivity contribution is -0.129. The van der Waals surface area contributed by atoms with Gasteiger partial charge in [0.2, 0.25) is 5.91 Å². The first-order valence-corrected chi connectivity index (χ1v) is 5.58. The maximum absolute atomic E-state index is 11.6. The number of carbonyl (C=O) groups is 1. The molecule has 0 saturated carbocycles. The van der Waals surface area contributed by atoms with Crippen LogP contribution in [0.25, 0.3) is 0 Å². The molecule has 0 N–H and O–H groups in total. The minimum absolute atomic E-state index is 0.107. The topological polar surface area (TPSA) is 20.3 Å². The van der Waals surface area contributed by atoms with Crippen molar-refractivity contribution in [1.29, 1.82) is 0 Å². The summed E-state index contributed by atoms with van der Waals surface area (Å²) in [6.07, 6.45) is 6.14. The molecule has 0 aromatic carbocycles. The first-order chi connectivity index (χ1) is 6.65. The first-order valence-electron chi connectivity index (χ1n) is 5.58. The quantitative estimate of drug-likeness (QED) is 0.634. The maximum Gasteiger partial charge on any atom is 0.246 e. The van der Waals surface area contributed by atoms with E-state index in [0.29, 0.717) is 12.0 Å². The zero-order chi connectivity index (χ0) is 10.6. The van der Waals surface area contributed by atoms with Gasteiger partial charge in [0.05, 0.1) is 0 Å². The van der Waals surface area contributed by atoms with Crippen LogP contribution >= 0.6 is 0 Å². The number of amides is 1. The van der Waals surface area contributed by atoms with Gasteiger partial charge in [-0.3, -0.25) is 4.79 Å². The van der Waals surface area contributed by atoms with Crippen LogP contribution in [0.4, 0.5) is 0 Å². The molecule has 0 aliphatic carbocycles. The van der Waals surface area contributed by atoms with Crippen molar-refractivity contribution in [2.24, 2.45) is 5.92 Å². The summed E-state index contributed by atoms with van der Waals surface area (Å²) in [6, 6.07) is 0.453. The number of nitrogens with zero attached hydrogens (tertiary/aromatic N) is 1. The lowest BCUT2D eigenvalue weighted by Gasteiger charge is -2.36. The van der Waals surface area contributed by atoms with Crippen LogP contribution in [-0.2, 0) is 4.79 Å². The Morgan fingerprint density at radius 3 is 2.86 bits per heavy atom. The normalized spacial score (nSPS) is 22.5. The van der Waals surface area contributed by atoms with Gasteiger partial charge in [0.15, 0.2) is 0 Å². The lowest BCUT2D eigenvalue weighted by Crippen LogP contribution is -2.43. The van der Waals surface area contributed by atoms with E-state index in [1.807, 2.05) is 4.90 Å². The van der Waals surface area contributed by atoms with E-state index in [-0.39, 0.29) is 5.91 Å². The Morgan fingerprint density at radius 1 is 1.57 bits per heavy atom. The van der Waals surface area contributed by atoms with Gasteiger partial charge in [0, 0.05) is 12.6 Å². The van der Waals surface area contributed by atoms with Gasteiger partial charge in [-0.1, -0.05) is 20.4 Å². The summed E-state index contributed by atoms with van der Waals surface area (Å²) in [5.74, 6) is 0.772. The Bertz CT molecular complexity index is 210. The molecule has 2 heteroatoms. The van der Waals surface area contributed by atoms with Crippen molar-refractivity contribution in [1.82, 2.24) is 4.90 Å². The fraction of sp³-hybridized carbons (Fsp3) is 0.750. The van der Waals surface area contributed by atoms with E-state index in [2.05, 4.69) is 20.4 Å². The molecule has 80 valence electrons. The van der Waals surface area contributed by atoms with Crippen LogP contribution in [0.5, 0.6) is 0 Å². The molecule has 1 atom stereocenters. The van der Waals surface area contributed by atoms with Crippen molar-refractivity contribution in [3.63, 3.8) is 0 Å². The number of hydrogen-bond acceptors (Lipinski definition) is 1. The summed E-state index contributed by atoms with van der Waals surface area (Å²) in [5, 5.41) is 0. The molecule has 0 radical (unpaired) electrons. The van der Waals surface area contributed by atoms with Crippen molar-refractivity contribution in [3.8, 4) is 0 Å². The minimum atomic E-state index is 0.107. The van der Waals surface area contributed by atoms with Crippen molar-refractivity contribution < 1.29 is 4.79 Å². The fourth-order valence-electron chi connectivity index (χ4n) is 2.20. The summed E-state index contributed by atoms with van der Waals surface area (Å²) in [4.78, 5) is 13.6. The average molecular weight is 195 g/mol. The molecular formula is C12H21NO. The van der Waals surface area contributed by atoms with Crippen LogP contribution in [0.1, 0.15) is 39.5 Å². The van der Waals surface area contributed by atoms with Crippen LogP contribution in [0, 0.1) is 5.92 Å². The standard InChI is InChI=1S/C12H21NO/c1-4-12(14)13-8-6-5-7-11(13)9-10(2)3/h4,10-11H,1,5-9H2,2-3H3. The predicted octanol–water partition coefficient (Wildman–Crippen LogP) is 2.60. The van der Waals surface area contributed by atoms with Gasteiger partial charge in [-0.05, 0) is 37.7 Å². The molecular weight excluding hydrogens is 174 g/mol. The Hall–Kier alpha value is -0.790. The van der Waals surface area contributed by atoms with Crippen molar-refractivity contribution >= 4 is 5.91 Å².